The standard InChI is InChI=1S/C21H29FN4/c1-16(2)14-24-10-12-25(13-11-24)15-20-19-4-3-5-21(19)26(23-20)18-8-6-17(22)7-9-18/h6-9,16H,3-5,10-15H2,1-2H3. The van der Waals surface area contributed by atoms with Crippen LogP contribution in [0.5, 0.6) is 0 Å². The molecule has 0 unspecified atom stereocenters. The summed E-state index contributed by atoms with van der Waals surface area (Å²) in [7, 11) is 0. The van der Waals surface area contributed by atoms with Crippen molar-refractivity contribution in [3.05, 3.63) is 47.0 Å². The van der Waals surface area contributed by atoms with E-state index < -0.39 is 0 Å². The largest absolute Gasteiger partial charge is 0.301 e. The second kappa shape index (κ2) is 7.49. The van der Waals surface area contributed by atoms with Crippen molar-refractivity contribution in [1.82, 2.24) is 19.6 Å². The van der Waals surface area contributed by atoms with Gasteiger partial charge in [0.2, 0.25) is 0 Å². The summed E-state index contributed by atoms with van der Waals surface area (Å²) in [5, 5.41) is 4.93. The lowest BCUT2D eigenvalue weighted by atomic mass is 10.1. The van der Waals surface area contributed by atoms with E-state index in [-0.39, 0.29) is 5.82 Å². The van der Waals surface area contributed by atoms with Crippen LogP contribution < -0.4 is 0 Å². The molecule has 4 nitrogen and oxygen atoms in total. The average Bonchev–Trinajstić information content (AvgIpc) is 3.21. The van der Waals surface area contributed by atoms with Gasteiger partial charge in [0.15, 0.2) is 0 Å². The zero-order chi connectivity index (χ0) is 18.1. The highest BCUT2D eigenvalue weighted by Crippen LogP contribution is 2.28. The molecule has 1 aromatic heterocycles. The van der Waals surface area contributed by atoms with Gasteiger partial charge < -0.3 is 4.90 Å². The van der Waals surface area contributed by atoms with Gasteiger partial charge in [0.05, 0.1) is 11.4 Å². The number of benzene rings is 1. The summed E-state index contributed by atoms with van der Waals surface area (Å²) >= 11 is 0. The van der Waals surface area contributed by atoms with Crippen LogP contribution in [0.3, 0.4) is 0 Å². The summed E-state index contributed by atoms with van der Waals surface area (Å²) < 4.78 is 15.3. The third-order valence-corrected chi connectivity index (χ3v) is 5.55. The van der Waals surface area contributed by atoms with Crippen LogP contribution in [0.15, 0.2) is 24.3 Å². The molecule has 2 aromatic rings. The number of piperazine rings is 1. The molecule has 26 heavy (non-hydrogen) atoms. The van der Waals surface area contributed by atoms with Gasteiger partial charge in [-0.15, -0.1) is 0 Å². The van der Waals surface area contributed by atoms with Gasteiger partial charge >= 0.3 is 0 Å². The van der Waals surface area contributed by atoms with Gasteiger partial charge in [-0.05, 0) is 55.0 Å². The molecule has 0 radical (unpaired) electrons. The highest BCUT2D eigenvalue weighted by Gasteiger charge is 2.25. The number of halogens is 1. The molecule has 5 heteroatoms. The Kier molecular flexibility index (Phi) is 5.09. The van der Waals surface area contributed by atoms with Crippen LogP contribution in [0.1, 0.15) is 37.2 Å². The predicted octanol–water partition coefficient (Wildman–Crippen LogP) is 3.27. The summed E-state index contributed by atoms with van der Waals surface area (Å²) in [6.45, 7) is 11.2. The molecule has 1 saturated heterocycles. The van der Waals surface area contributed by atoms with E-state index in [0.29, 0.717) is 0 Å². The molecule has 0 atom stereocenters. The normalized spacial score (nSPS) is 18.6. The van der Waals surface area contributed by atoms with E-state index in [1.54, 1.807) is 0 Å². The fourth-order valence-electron chi connectivity index (χ4n) is 4.29. The zero-order valence-corrected chi connectivity index (χ0v) is 15.9. The highest BCUT2D eigenvalue weighted by molar-refractivity contribution is 5.40. The maximum atomic E-state index is 13.3. The van der Waals surface area contributed by atoms with E-state index in [9.17, 15) is 4.39 Å². The molecule has 1 aromatic carbocycles. The van der Waals surface area contributed by atoms with Crippen molar-refractivity contribution in [2.24, 2.45) is 5.92 Å². The lowest BCUT2D eigenvalue weighted by molar-refractivity contribution is 0.116. The topological polar surface area (TPSA) is 24.3 Å². The summed E-state index contributed by atoms with van der Waals surface area (Å²) in [5.41, 5.74) is 4.95. The Hall–Kier alpha value is -1.72. The van der Waals surface area contributed by atoms with Crippen molar-refractivity contribution < 1.29 is 4.39 Å². The van der Waals surface area contributed by atoms with Crippen molar-refractivity contribution in [2.75, 3.05) is 32.7 Å². The van der Waals surface area contributed by atoms with Gasteiger partial charge in [-0.1, -0.05) is 13.8 Å². The van der Waals surface area contributed by atoms with Crippen LogP contribution >= 0.6 is 0 Å². The average molecular weight is 356 g/mol. The van der Waals surface area contributed by atoms with E-state index in [2.05, 4.69) is 23.6 Å². The van der Waals surface area contributed by atoms with E-state index in [4.69, 9.17) is 5.10 Å². The number of aromatic nitrogens is 2. The first-order valence-electron chi connectivity index (χ1n) is 9.90. The lowest BCUT2D eigenvalue weighted by Crippen LogP contribution is -2.47. The Labute approximate surface area is 155 Å². The van der Waals surface area contributed by atoms with Crippen LogP contribution in [0.2, 0.25) is 0 Å². The fraction of sp³-hybridized carbons (Fsp3) is 0.571. The van der Waals surface area contributed by atoms with Gasteiger partial charge in [-0.3, -0.25) is 4.90 Å². The maximum Gasteiger partial charge on any atom is 0.123 e. The molecule has 140 valence electrons. The van der Waals surface area contributed by atoms with Gasteiger partial charge in [-0.25, -0.2) is 9.07 Å². The summed E-state index contributed by atoms with van der Waals surface area (Å²) in [5.74, 6) is 0.535. The molecule has 2 aliphatic rings. The van der Waals surface area contributed by atoms with Gasteiger partial charge in [0.1, 0.15) is 5.82 Å². The minimum atomic E-state index is -0.197. The molecular weight excluding hydrogens is 327 g/mol. The number of hydrogen-bond donors (Lipinski definition) is 0. The minimum absolute atomic E-state index is 0.197. The molecule has 0 amide bonds. The van der Waals surface area contributed by atoms with Crippen LogP contribution in [-0.4, -0.2) is 52.3 Å². The predicted molar refractivity (Wildman–Crippen MR) is 102 cm³/mol. The lowest BCUT2D eigenvalue weighted by Gasteiger charge is -2.35. The Balaban J connectivity index is 1.48. The van der Waals surface area contributed by atoms with Crippen LogP contribution in [0, 0.1) is 11.7 Å². The molecule has 4 rings (SSSR count). The summed E-state index contributed by atoms with van der Waals surface area (Å²) in [6.07, 6.45) is 3.39. The molecular formula is C21H29FN4. The Morgan fingerprint density at radius 1 is 1.00 bits per heavy atom. The number of fused-ring (bicyclic) bond motifs is 1. The smallest absolute Gasteiger partial charge is 0.123 e. The van der Waals surface area contributed by atoms with Crippen molar-refractivity contribution in [3.63, 3.8) is 0 Å². The SMILES string of the molecule is CC(C)CN1CCN(Cc2nn(-c3ccc(F)cc3)c3c2CCC3)CC1. The zero-order valence-electron chi connectivity index (χ0n) is 15.9. The van der Waals surface area contributed by atoms with Gasteiger partial charge in [0, 0.05) is 45.0 Å². The van der Waals surface area contributed by atoms with Crippen molar-refractivity contribution in [1.29, 1.82) is 0 Å². The van der Waals surface area contributed by atoms with Crippen LogP contribution in [0.25, 0.3) is 5.69 Å². The molecule has 0 N–H and O–H groups in total. The minimum Gasteiger partial charge on any atom is -0.301 e. The van der Waals surface area contributed by atoms with Crippen LogP contribution in [0.4, 0.5) is 4.39 Å². The van der Waals surface area contributed by atoms with Crippen molar-refractivity contribution in [3.8, 4) is 5.69 Å². The van der Waals surface area contributed by atoms with Crippen molar-refractivity contribution >= 4 is 0 Å². The monoisotopic (exact) mass is 356 g/mol. The van der Waals surface area contributed by atoms with E-state index in [0.717, 1.165) is 57.2 Å². The molecule has 2 heterocycles. The highest BCUT2D eigenvalue weighted by atomic mass is 19.1. The molecule has 0 saturated carbocycles. The second-order valence-electron chi connectivity index (χ2n) is 8.08. The number of hydrogen-bond acceptors (Lipinski definition) is 3. The van der Waals surface area contributed by atoms with Crippen molar-refractivity contribution in [2.45, 2.75) is 39.7 Å². The quantitative estimate of drug-likeness (QED) is 0.822. The molecule has 1 aliphatic heterocycles. The van der Waals surface area contributed by atoms with E-state index >= 15 is 0 Å². The Morgan fingerprint density at radius 2 is 1.69 bits per heavy atom. The Bertz CT molecular complexity index is 742. The fourth-order valence-corrected chi connectivity index (χ4v) is 4.29. The third kappa shape index (κ3) is 3.69. The third-order valence-electron chi connectivity index (χ3n) is 5.55. The molecule has 0 spiro atoms. The second-order valence-corrected chi connectivity index (χ2v) is 8.08. The van der Waals surface area contributed by atoms with Crippen LogP contribution in [-0.2, 0) is 19.4 Å². The van der Waals surface area contributed by atoms with Gasteiger partial charge in [0.25, 0.3) is 0 Å². The van der Waals surface area contributed by atoms with Gasteiger partial charge in [-0.2, -0.15) is 5.10 Å². The summed E-state index contributed by atoms with van der Waals surface area (Å²) in [6, 6.07) is 6.70. The number of nitrogens with zero attached hydrogens (tertiary/aromatic N) is 4. The maximum absolute atomic E-state index is 13.3. The van der Waals surface area contributed by atoms with E-state index in [1.165, 1.54) is 42.0 Å². The molecule has 0 bridgehead atoms. The molecule has 1 fully saturated rings. The number of rotatable bonds is 5. The first-order valence-corrected chi connectivity index (χ1v) is 9.90. The summed E-state index contributed by atoms with van der Waals surface area (Å²) in [4.78, 5) is 5.11. The Morgan fingerprint density at radius 3 is 2.38 bits per heavy atom. The first-order chi connectivity index (χ1) is 12.6. The van der Waals surface area contributed by atoms with E-state index in [1.807, 2.05) is 16.8 Å². The molecule has 1 aliphatic carbocycles. The first kappa shape index (κ1) is 17.7.